The van der Waals surface area contributed by atoms with Crippen LogP contribution in [0.4, 0.5) is 0 Å². The maximum absolute atomic E-state index is 10.9. The zero-order valence-electron chi connectivity index (χ0n) is 9.93. The average molecular weight is 244 g/mol. The van der Waals surface area contributed by atoms with Crippen LogP contribution in [0.15, 0.2) is 0 Å². The van der Waals surface area contributed by atoms with E-state index in [-0.39, 0.29) is 24.9 Å². The molecular weight excluding hydrogens is 224 g/mol. The number of rotatable bonds is 8. The SMILES string of the molecule is O=C(O)CCCCCCC[C@H]1OC(=O)C[C@H]1O. The van der Waals surface area contributed by atoms with Crippen molar-refractivity contribution in [1.29, 1.82) is 0 Å². The largest absolute Gasteiger partial charge is 0.481 e. The van der Waals surface area contributed by atoms with Gasteiger partial charge in [0.05, 0.1) is 6.42 Å². The van der Waals surface area contributed by atoms with Crippen LogP contribution in [0.2, 0.25) is 0 Å². The zero-order valence-corrected chi connectivity index (χ0v) is 9.93. The quantitative estimate of drug-likeness (QED) is 0.499. The van der Waals surface area contributed by atoms with Gasteiger partial charge in [0.25, 0.3) is 0 Å². The minimum atomic E-state index is -0.744. The monoisotopic (exact) mass is 244 g/mol. The van der Waals surface area contributed by atoms with E-state index in [1.807, 2.05) is 0 Å². The smallest absolute Gasteiger partial charge is 0.308 e. The number of hydrogen-bond acceptors (Lipinski definition) is 4. The van der Waals surface area contributed by atoms with Gasteiger partial charge in [0.15, 0.2) is 0 Å². The number of aliphatic hydroxyl groups excluding tert-OH is 1. The van der Waals surface area contributed by atoms with Crippen LogP contribution in [0.1, 0.15) is 51.4 Å². The summed E-state index contributed by atoms with van der Waals surface area (Å²) in [5, 5.41) is 17.9. The molecule has 0 aromatic heterocycles. The first-order chi connectivity index (χ1) is 8.09. The number of carboxylic acid groups (broad SMARTS) is 1. The number of ether oxygens (including phenoxy) is 1. The highest BCUT2D eigenvalue weighted by Gasteiger charge is 2.32. The number of hydrogen-bond donors (Lipinski definition) is 2. The number of aliphatic hydroxyl groups is 1. The fourth-order valence-corrected chi connectivity index (χ4v) is 2.00. The number of unbranched alkanes of at least 4 members (excludes halogenated alkanes) is 4. The van der Waals surface area contributed by atoms with Gasteiger partial charge in [0, 0.05) is 6.42 Å². The lowest BCUT2D eigenvalue weighted by molar-refractivity contribution is -0.142. The van der Waals surface area contributed by atoms with E-state index in [2.05, 4.69) is 0 Å². The lowest BCUT2D eigenvalue weighted by Crippen LogP contribution is -2.20. The average Bonchev–Trinajstić information content (AvgIpc) is 2.55. The molecule has 1 fully saturated rings. The van der Waals surface area contributed by atoms with Gasteiger partial charge < -0.3 is 14.9 Å². The molecule has 1 heterocycles. The lowest BCUT2D eigenvalue weighted by Gasteiger charge is -2.12. The molecule has 0 radical (unpaired) electrons. The van der Waals surface area contributed by atoms with E-state index >= 15 is 0 Å². The molecule has 2 N–H and O–H groups in total. The minimum Gasteiger partial charge on any atom is -0.481 e. The summed E-state index contributed by atoms with van der Waals surface area (Å²) in [4.78, 5) is 21.1. The van der Waals surface area contributed by atoms with E-state index in [1.165, 1.54) is 0 Å². The second kappa shape index (κ2) is 7.27. The minimum absolute atomic E-state index is 0.114. The molecule has 0 spiro atoms. The second-order valence-corrected chi connectivity index (χ2v) is 4.50. The maximum atomic E-state index is 10.9. The molecule has 0 saturated carbocycles. The Hall–Kier alpha value is -1.10. The molecule has 98 valence electrons. The third-order valence-electron chi connectivity index (χ3n) is 2.97. The summed E-state index contributed by atoms with van der Waals surface area (Å²) in [7, 11) is 0. The van der Waals surface area contributed by atoms with Crippen molar-refractivity contribution in [1.82, 2.24) is 0 Å². The predicted molar refractivity (Wildman–Crippen MR) is 60.5 cm³/mol. The summed E-state index contributed by atoms with van der Waals surface area (Å²) in [5.41, 5.74) is 0. The fraction of sp³-hybridized carbons (Fsp3) is 0.833. The number of carbonyl (C=O) groups is 2. The van der Waals surface area contributed by atoms with Gasteiger partial charge in [-0.1, -0.05) is 19.3 Å². The molecule has 0 aromatic carbocycles. The van der Waals surface area contributed by atoms with Gasteiger partial charge in [0.1, 0.15) is 12.2 Å². The van der Waals surface area contributed by atoms with E-state index in [0.29, 0.717) is 6.42 Å². The molecule has 1 aliphatic rings. The van der Waals surface area contributed by atoms with Crippen LogP contribution in [0, 0.1) is 0 Å². The standard InChI is InChI=1S/C12H20O5/c13-9-8-12(16)17-10(9)6-4-2-1-3-5-7-11(14)15/h9-10,13H,1-8H2,(H,14,15)/t9-,10-/m1/s1. The van der Waals surface area contributed by atoms with Crippen molar-refractivity contribution in [3.05, 3.63) is 0 Å². The van der Waals surface area contributed by atoms with Gasteiger partial charge in [0.2, 0.25) is 0 Å². The van der Waals surface area contributed by atoms with Crippen molar-refractivity contribution >= 4 is 11.9 Å². The molecule has 0 unspecified atom stereocenters. The van der Waals surface area contributed by atoms with Crippen LogP contribution in [0.25, 0.3) is 0 Å². The van der Waals surface area contributed by atoms with Gasteiger partial charge in [-0.25, -0.2) is 0 Å². The molecule has 0 amide bonds. The van der Waals surface area contributed by atoms with Crippen LogP contribution in [-0.2, 0) is 14.3 Å². The number of carbonyl (C=O) groups excluding carboxylic acids is 1. The van der Waals surface area contributed by atoms with E-state index in [4.69, 9.17) is 9.84 Å². The number of carboxylic acids is 1. The van der Waals surface area contributed by atoms with E-state index in [1.54, 1.807) is 0 Å². The van der Waals surface area contributed by atoms with E-state index in [9.17, 15) is 14.7 Å². The molecule has 1 aliphatic heterocycles. The molecule has 1 saturated heterocycles. The van der Waals surface area contributed by atoms with Crippen LogP contribution in [0.5, 0.6) is 0 Å². The summed E-state index contributed by atoms with van der Waals surface area (Å²) in [6, 6.07) is 0. The maximum Gasteiger partial charge on any atom is 0.308 e. The summed E-state index contributed by atoms with van der Waals surface area (Å²) in [6.07, 6.45) is 4.59. The predicted octanol–water partition coefficient (Wildman–Crippen LogP) is 1.48. The second-order valence-electron chi connectivity index (χ2n) is 4.50. The van der Waals surface area contributed by atoms with Crippen molar-refractivity contribution < 1.29 is 24.5 Å². The molecule has 0 aromatic rings. The fourth-order valence-electron chi connectivity index (χ4n) is 2.00. The summed E-state index contributed by atoms with van der Waals surface area (Å²) in [5.74, 6) is -1.06. The number of esters is 1. The van der Waals surface area contributed by atoms with Gasteiger partial charge in [-0.05, 0) is 19.3 Å². The van der Waals surface area contributed by atoms with Crippen LogP contribution < -0.4 is 0 Å². The van der Waals surface area contributed by atoms with Crippen LogP contribution in [0.3, 0.4) is 0 Å². The number of cyclic esters (lactones) is 1. The Bertz CT molecular complexity index is 264. The highest BCUT2D eigenvalue weighted by Crippen LogP contribution is 2.20. The highest BCUT2D eigenvalue weighted by molar-refractivity contribution is 5.72. The Labute approximate surface area is 101 Å². The van der Waals surface area contributed by atoms with Gasteiger partial charge >= 0.3 is 11.9 Å². The molecule has 0 bridgehead atoms. The third-order valence-corrected chi connectivity index (χ3v) is 2.97. The summed E-state index contributed by atoms with van der Waals surface area (Å²) >= 11 is 0. The van der Waals surface area contributed by atoms with Gasteiger partial charge in [-0.2, -0.15) is 0 Å². The van der Waals surface area contributed by atoms with E-state index < -0.39 is 12.1 Å². The first-order valence-corrected chi connectivity index (χ1v) is 6.19. The topological polar surface area (TPSA) is 83.8 Å². The highest BCUT2D eigenvalue weighted by atomic mass is 16.6. The van der Waals surface area contributed by atoms with Crippen LogP contribution in [-0.4, -0.2) is 34.4 Å². The molecule has 5 nitrogen and oxygen atoms in total. The Morgan fingerprint density at radius 2 is 1.88 bits per heavy atom. The third kappa shape index (κ3) is 5.68. The Kier molecular flexibility index (Phi) is 5.97. The summed E-state index contributed by atoms with van der Waals surface area (Å²) < 4.78 is 4.97. The first kappa shape index (κ1) is 14.0. The molecule has 5 heteroatoms. The Morgan fingerprint density at radius 3 is 2.47 bits per heavy atom. The Morgan fingerprint density at radius 1 is 1.24 bits per heavy atom. The molecular formula is C12H20O5. The van der Waals surface area contributed by atoms with Gasteiger partial charge in [-0.3, -0.25) is 9.59 Å². The number of aliphatic carboxylic acids is 1. The van der Waals surface area contributed by atoms with E-state index in [0.717, 1.165) is 32.1 Å². The van der Waals surface area contributed by atoms with Crippen molar-refractivity contribution in [2.45, 2.75) is 63.6 Å². The van der Waals surface area contributed by atoms with Gasteiger partial charge in [-0.15, -0.1) is 0 Å². The molecule has 17 heavy (non-hydrogen) atoms. The molecule has 1 rings (SSSR count). The van der Waals surface area contributed by atoms with Crippen molar-refractivity contribution in [3.63, 3.8) is 0 Å². The first-order valence-electron chi connectivity index (χ1n) is 6.19. The lowest BCUT2D eigenvalue weighted by atomic mass is 10.0. The normalized spacial score (nSPS) is 23.7. The molecule has 0 aliphatic carbocycles. The van der Waals surface area contributed by atoms with Crippen molar-refractivity contribution in [2.75, 3.05) is 0 Å². The Balaban J connectivity index is 1.94. The zero-order chi connectivity index (χ0) is 12.7. The molecule has 2 atom stereocenters. The van der Waals surface area contributed by atoms with Crippen LogP contribution >= 0.6 is 0 Å². The van der Waals surface area contributed by atoms with Crippen molar-refractivity contribution in [3.8, 4) is 0 Å². The summed E-state index contributed by atoms with van der Waals surface area (Å²) in [6.45, 7) is 0. The van der Waals surface area contributed by atoms with Crippen molar-refractivity contribution in [2.24, 2.45) is 0 Å².